The van der Waals surface area contributed by atoms with Gasteiger partial charge in [-0.15, -0.1) is 11.8 Å². The van der Waals surface area contributed by atoms with Crippen LogP contribution in [0.2, 0.25) is 0 Å². The fourth-order valence-electron chi connectivity index (χ4n) is 2.44. The highest BCUT2D eigenvalue weighted by atomic mass is 32.2. The molecule has 0 unspecified atom stereocenters. The number of nitrogens with one attached hydrogen (secondary N) is 2. The third-order valence-corrected chi connectivity index (χ3v) is 4.53. The molecule has 0 aliphatic heterocycles. The summed E-state index contributed by atoms with van der Waals surface area (Å²) in [5, 5.41) is 5.48. The number of hydrogen-bond acceptors (Lipinski definition) is 4. The number of aryl methyl sites for hydroxylation is 2. The van der Waals surface area contributed by atoms with Gasteiger partial charge in [0.25, 0.3) is 5.91 Å². The molecule has 2 N–H and O–H groups in total. The van der Waals surface area contributed by atoms with Crippen molar-refractivity contribution in [3.05, 3.63) is 53.1 Å². The minimum Gasteiger partial charge on any atom is -0.496 e. The standard InChI is InChI=1S/C19H22N2O3S/c1-12-6-5-7-13(2)18(12)21-17(22)11-20-19(23)15-9-8-14(25-4)10-16(15)24-3/h5-10H,11H2,1-4H3,(H,20,23)(H,21,22). The maximum Gasteiger partial charge on any atom is 0.255 e. The molecule has 0 spiro atoms. The third kappa shape index (κ3) is 4.76. The van der Waals surface area contributed by atoms with Crippen LogP contribution >= 0.6 is 11.8 Å². The Morgan fingerprint density at radius 1 is 1.12 bits per heavy atom. The lowest BCUT2D eigenvalue weighted by atomic mass is 10.1. The van der Waals surface area contributed by atoms with Gasteiger partial charge in [0.2, 0.25) is 5.91 Å². The van der Waals surface area contributed by atoms with E-state index >= 15 is 0 Å². The molecule has 0 bridgehead atoms. The van der Waals surface area contributed by atoms with Gasteiger partial charge in [0.1, 0.15) is 5.75 Å². The molecule has 0 atom stereocenters. The number of para-hydroxylation sites is 1. The molecule has 0 aliphatic rings. The van der Waals surface area contributed by atoms with Gasteiger partial charge in [0.05, 0.1) is 19.2 Å². The van der Waals surface area contributed by atoms with E-state index < -0.39 is 0 Å². The Morgan fingerprint density at radius 2 is 1.80 bits per heavy atom. The Balaban J connectivity index is 2.01. The normalized spacial score (nSPS) is 10.2. The van der Waals surface area contributed by atoms with Gasteiger partial charge < -0.3 is 15.4 Å². The van der Waals surface area contributed by atoms with E-state index in [2.05, 4.69) is 10.6 Å². The zero-order valence-corrected chi connectivity index (χ0v) is 15.6. The van der Waals surface area contributed by atoms with Crippen molar-refractivity contribution in [2.75, 3.05) is 25.2 Å². The van der Waals surface area contributed by atoms with Crippen molar-refractivity contribution in [2.45, 2.75) is 18.7 Å². The van der Waals surface area contributed by atoms with Crippen molar-refractivity contribution < 1.29 is 14.3 Å². The number of hydrogen-bond donors (Lipinski definition) is 2. The summed E-state index contributed by atoms with van der Waals surface area (Å²) in [6, 6.07) is 11.1. The molecule has 0 heterocycles. The van der Waals surface area contributed by atoms with Gasteiger partial charge in [-0.3, -0.25) is 9.59 Å². The fourth-order valence-corrected chi connectivity index (χ4v) is 2.87. The first kappa shape index (κ1) is 18.9. The van der Waals surface area contributed by atoms with E-state index in [9.17, 15) is 9.59 Å². The number of carbonyl (C=O) groups is 2. The van der Waals surface area contributed by atoms with Gasteiger partial charge in [-0.05, 0) is 49.4 Å². The lowest BCUT2D eigenvalue weighted by molar-refractivity contribution is -0.115. The molecule has 5 nitrogen and oxygen atoms in total. The number of thioether (sulfide) groups is 1. The summed E-state index contributed by atoms with van der Waals surface area (Å²) in [7, 11) is 1.52. The number of ether oxygens (including phenoxy) is 1. The van der Waals surface area contributed by atoms with Crippen LogP contribution in [0.25, 0.3) is 0 Å². The van der Waals surface area contributed by atoms with Crippen LogP contribution in [0.4, 0.5) is 5.69 Å². The Kier molecular flexibility index (Phi) is 6.47. The number of rotatable bonds is 6. The molecule has 0 aromatic heterocycles. The molecule has 2 aromatic carbocycles. The predicted octanol–water partition coefficient (Wildman–Crippen LogP) is 3.40. The number of methoxy groups -OCH3 is 1. The zero-order chi connectivity index (χ0) is 18.4. The van der Waals surface area contributed by atoms with E-state index in [0.29, 0.717) is 11.3 Å². The van der Waals surface area contributed by atoms with E-state index in [-0.39, 0.29) is 18.4 Å². The second kappa shape index (κ2) is 8.58. The summed E-state index contributed by atoms with van der Waals surface area (Å²) in [6.45, 7) is 3.75. The lowest BCUT2D eigenvalue weighted by Crippen LogP contribution is -2.33. The summed E-state index contributed by atoms with van der Waals surface area (Å²) in [5.41, 5.74) is 3.15. The van der Waals surface area contributed by atoms with Crippen LogP contribution in [0.5, 0.6) is 5.75 Å². The summed E-state index contributed by atoms with van der Waals surface area (Å²) in [5.74, 6) is -0.133. The summed E-state index contributed by atoms with van der Waals surface area (Å²) in [4.78, 5) is 25.5. The smallest absolute Gasteiger partial charge is 0.255 e. The molecule has 0 saturated carbocycles. The molecular formula is C19H22N2O3S. The van der Waals surface area contributed by atoms with E-state index in [1.54, 1.807) is 23.9 Å². The fraction of sp³-hybridized carbons (Fsp3) is 0.263. The molecule has 0 radical (unpaired) electrons. The second-order valence-electron chi connectivity index (χ2n) is 5.56. The lowest BCUT2D eigenvalue weighted by Gasteiger charge is -2.13. The van der Waals surface area contributed by atoms with Crippen molar-refractivity contribution in [2.24, 2.45) is 0 Å². The minimum absolute atomic E-state index is 0.111. The molecule has 2 rings (SSSR count). The van der Waals surface area contributed by atoms with E-state index in [0.717, 1.165) is 21.7 Å². The minimum atomic E-state index is -0.346. The van der Waals surface area contributed by atoms with Crippen molar-refractivity contribution in [3.63, 3.8) is 0 Å². The van der Waals surface area contributed by atoms with Crippen LogP contribution in [0.3, 0.4) is 0 Å². The highest BCUT2D eigenvalue weighted by molar-refractivity contribution is 7.98. The van der Waals surface area contributed by atoms with Crippen LogP contribution in [0.15, 0.2) is 41.3 Å². The maximum atomic E-state index is 12.3. The van der Waals surface area contributed by atoms with Crippen molar-refractivity contribution in [3.8, 4) is 5.75 Å². The van der Waals surface area contributed by atoms with Crippen LogP contribution < -0.4 is 15.4 Å². The van der Waals surface area contributed by atoms with Gasteiger partial charge in [0, 0.05) is 10.6 Å². The van der Waals surface area contributed by atoms with E-state index in [1.807, 2.05) is 44.4 Å². The monoisotopic (exact) mass is 358 g/mol. The molecule has 0 fully saturated rings. The third-order valence-electron chi connectivity index (χ3n) is 3.81. The largest absolute Gasteiger partial charge is 0.496 e. The molecule has 2 aromatic rings. The zero-order valence-electron chi connectivity index (χ0n) is 14.8. The quantitative estimate of drug-likeness (QED) is 0.777. The molecular weight excluding hydrogens is 336 g/mol. The SMILES string of the molecule is COc1cc(SC)ccc1C(=O)NCC(=O)Nc1c(C)cccc1C. The van der Waals surface area contributed by atoms with Gasteiger partial charge in [-0.2, -0.15) is 0 Å². The Labute approximate surface area is 152 Å². The van der Waals surface area contributed by atoms with Crippen LogP contribution in [-0.4, -0.2) is 31.7 Å². The van der Waals surface area contributed by atoms with Gasteiger partial charge in [-0.25, -0.2) is 0 Å². The number of anilines is 1. The average molecular weight is 358 g/mol. The van der Waals surface area contributed by atoms with Crippen LogP contribution in [0, 0.1) is 13.8 Å². The Bertz CT molecular complexity index is 770. The van der Waals surface area contributed by atoms with Crippen LogP contribution in [0.1, 0.15) is 21.5 Å². The Hall–Kier alpha value is -2.47. The Morgan fingerprint density at radius 3 is 2.40 bits per heavy atom. The molecule has 25 heavy (non-hydrogen) atoms. The topological polar surface area (TPSA) is 67.4 Å². The average Bonchev–Trinajstić information content (AvgIpc) is 2.62. The van der Waals surface area contributed by atoms with Gasteiger partial charge in [0.15, 0.2) is 0 Å². The summed E-state index contributed by atoms with van der Waals surface area (Å²) < 4.78 is 5.27. The number of amides is 2. The van der Waals surface area contributed by atoms with E-state index in [4.69, 9.17) is 4.74 Å². The summed E-state index contributed by atoms with van der Waals surface area (Å²) >= 11 is 1.57. The van der Waals surface area contributed by atoms with Crippen LogP contribution in [-0.2, 0) is 4.79 Å². The molecule has 0 aliphatic carbocycles. The van der Waals surface area contributed by atoms with E-state index in [1.165, 1.54) is 7.11 Å². The number of carbonyl (C=O) groups excluding carboxylic acids is 2. The van der Waals surface area contributed by atoms with Gasteiger partial charge >= 0.3 is 0 Å². The highest BCUT2D eigenvalue weighted by Crippen LogP contribution is 2.25. The van der Waals surface area contributed by atoms with Crippen molar-refractivity contribution in [1.82, 2.24) is 5.32 Å². The first-order valence-corrected chi connectivity index (χ1v) is 9.05. The predicted molar refractivity (Wildman–Crippen MR) is 102 cm³/mol. The molecule has 132 valence electrons. The number of benzene rings is 2. The molecule has 6 heteroatoms. The van der Waals surface area contributed by atoms with Crippen molar-refractivity contribution in [1.29, 1.82) is 0 Å². The highest BCUT2D eigenvalue weighted by Gasteiger charge is 2.14. The van der Waals surface area contributed by atoms with Crippen molar-refractivity contribution >= 4 is 29.3 Å². The summed E-state index contributed by atoms with van der Waals surface area (Å²) in [6.07, 6.45) is 1.95. The molecule has 2 amide bonds. The maximum absolute atomic E-state index is 12.3. The van der Waals surface area contributed by atoms with Gasteiger partial charge in [-0.1, -0.05) is 18.2 Å². The second-order valence-corrected chi connectivity index (χ2v) is 6.44. The first-order valence-electron chi connectivity index (χ1n) is 7.82. The molecule has 0 saturated heterocycles. The first-order chi connectivity index (χ1) is 12.0.